The van der Waals surface area contributed by atoms with E-state index in [0.29, 0.717) is 17.9 Å². The van der Waals surface area contributed by atoms with Crippen molar-refractivity contribution in [1.82, 2.24) is 0 Å². The lowest BCUT2D eigenvalue weighted by molar-refractivity contribution is -0.0244. The van der Waals surface area contributed by atoms with Crippen molar-refractivity contribution in [2.75, 3.05) is 0 Å². The highest BCUT2D eigenvalue weighted by molar-refractivity contribution is 5.33. The second-order valence-corrected chi connectivity index (χ2v) is 5.56. The van der Waals surface area contributed by atoms with Crippen LogP contribution in [0, 0.1) is 30.4 Å². The van der Waals surface area contributed by atoms with Crippen molar-refractivity contribution < 1.29 is 13.9 Å². The normalized spacial score (nSPS) is 35.5. The van der Waals surface area contributed by atoms with Crippen molar-refractivity contribution >= 4 is 0 Å². The summed E-state index contributed by atoms with van der Waals surface area (Å²) in [5.41, 5.74) is -0.967. The van der Waals surface area contributed by atoms with Gasteiger partial charge in [-0.15, -0.1) is 0 Å². The summed E-state index contributed by atoms with van der Waals surface area (Å²) < 4.78 is 27.9. The lowest BCUT2D eigenvalue weighted by Gasteiger charge is -2.33. The summed E-state index contributed by atoms with van der Waals surface area (Å²) in [6.07, 6.45) is 3.38. The standard InChI is InChI=1S/C14H16F2O/c1-8-2-5-11(15)12(13(8)16)14(17)7-9-3-4-10(14)6-9/h2,5,9-10,17H,3-4,6-7H2,1H3. The molecule has 1 aromatic rings. The van der Waals surface area contributed by atoms with E-state index in [4.69, 9.17) is 0 Å². The fourth-order valence-electron chi connectivity index (χ4n) is 3.66. The summed E-state index contributed by atoms with van der Waals surface area (Å²) in [4.78, 5) is 0. The molecule has 0 spiro atoms. The van der Waals surface area contributed by atoms with Gasteiger partial charge >= 0.3 is 0 Å². The number of hydrogen-bond donors (Lipinski definition) is 1. The molecule has 3 rings (SSSR count). The third-order valence-electron chi connectivity index (χ3n) is 4.53. The van der Waals surface area contributed by atoms with E-state index < -0.39 is 17.2 Å². The molecule has 2 aliphatic rings. The van der Waals surface area contributed by atoms with Crippen LogP contribution in [0.3, 0.4) is 0 Å². The summed E-state index contributed by atoms with van der Waals surface area (Å²) in [5.74, 6) is -0.717. The second kappa shape index (κ2) is 3.52. The van der Waals surface area contributed by atoms with E-state index in [1.165, 1.54) is 12.1 Å². The summed E-state index contributed by atoms with van der Waals surface area (Å²) >= 11 is 0. The highest BCUT2D eigenvalue weighted by Crippen LogP contribution is 2.56. The van der Waals surface area contributed by atoms with E-state index >= 15 is 0 Å². The molecule has 17 heavy (non-hydrogen) atoms. The van der Waals surface area contributed by atoms with Crippen molar-refractivity contribution in [3.8, 4) is 0 Å². The van der Waals surface area contributed by atoms with Gasteiger partial charge in [0, 0.05) is 0 Å². The van der Waals surface area contributed by atoms with Gasteiger partial charge in [-0.2, -0.15) is 0 Å². The zero-order valence-corrected chi connectivity index (χ0v) is 9.84. The van der Waals surface area contributed by atoms with Gasteiger partial charge in [0.1, 0.15) is 11.6 Å². The van der Waals surface area contributed by atoms with Crippen LogP contribution in [0.15, 0.2) is 12.1 Å². The molecule has 2 aliphatic carbocycles. The topological polar surface area (TPSA) is 20.2 Å². The Morgan fingerprint density at radius 2 is 2.06 bits per heavy atom. The second-order valence-electron chi connectivity index (χ2n) is 5.56. The molecule has 2 fully saturated rings. The molecule has 3 unspecified atom stereocenters. The van der Waals surface area contributed by atoms with Gasteiger partial charge in [0.25, 0.3) is 0 Å². The largest absolute Gasteiger partial charge is 0.385 e. The average Bonchev–Trinajstić information content (AvgIpc) is 2.84. The average molecular weight is 238 g/mol. The SMILES string of the molecule is Cc1ccc(F)c(C2(O)CC3CCC2C3)c1F. The van der Waals surface area contributed by atoms with E-state index in [2.05, 4.69) is 0 Å². The summed E-state index contributed by atoms with van der Waals surface area (Å²) in [5, 5.41) is 10.7. The zero-order chi connectivity index (χ0) is 12.2. The van der Waals surface area contributed by atoms with Gasteiger partial charge in [-0.3, -0.25) is 0 Å². The van der Waals surface area contributed by atoms with Crippen LogP contribution in [0.1, 0.15) is 36.8 Å². The molecule has 2 bridgehead atoms. The van der Waals surface area contributed by atoms with Crippen molar-refractivity contribution in [2.24, 2.45) is 11.8 Å². The van der Waals surface area contributed by atoms with E-state index in [0.717, 1.165) is 19.3 Å². The quantitative estimate of drug-likeness (QED) is 0.796. The monoisotopic (exact) mass is 238 g/mol. The highest BCUT2D eigenvalue weighted by atomic mass is 19.1. The smallest absolute Gasteiger partial charge is 0.135 e. The maximum Gasteiger partial charge on any atom is 0.135 e. The van der Waals surface area contributed by atoms with Crippen LogP contribution in [0.5, 0.6) is 0 Å². The Kier molecular flexibility index (Phi) is 2.31. The molecule has 0 saturated heterocycles. The molecule has 1 N–H and O–H groups in total. The van der Waals surface area contributed by atoms with Gasteiger partial charge in [-0.25, -0.2) is 8.78 Å². The molecule has 0 aromatic heterocycles. The minimum Gasteiger partial charge on any atom is -0.385 e. The van der Waals surface area contributed by atoms with Crippen LogP contribution < -0.4 is 0 Å². The number of aryl methyl sites for hydroxylation is 1. The third-order valence-corrected chi connectivity index (χ3v) is 4.53. The van der Waals surface area contributed by atoms with Crippen LogP contribution in [0.4, 0.5) is 8.78 Å². The molecule has 3 atom stereocenters. The Morgan fingerprint density at radius 1 is 1.29 bits per heavy atom. The van der Waals surface area contributed by atoms with Crippen molar-refractivity contribution in [3.05, 3.63) is 34.9 Å². The fraction of sp³-hybridized carbons (Fsp3) is 0.571. The van der Waals surface area contributed by atoms with Crippen LogP contribution in [0.25, 0.3) is 0 Å². The van der Waals surface area contributed by atoms with Crippen LogP contribution in [-0.4, -0.2) is 5.11 Å². The predicted octanol–water partition coefficient (Wildman–Crippen LogP) is 3.28. The first-order chi connectivity index (χ1) is 8.02. The summed E-state index contributed by atoms with van der Waals surface area (Å²) in [6, 6.07) is 2.68. The number of hydrogen-bond acceptors (Lipinski definition) is 1. The first-order valence-electron chi connectivity index (χ1n) is 6.20. The number of halogens is 2. The van der Waals surface area contributed by atoms with E-state index in [9.17, 15) is 13.9 Å². The number of rotatable bonds is 1. The maximum atomic E-state index is 14.1. The number of aliphatic hydroxyl groups is 1. The molecule has 0 aliphatic heterocycles. The van der Waals surface area contributed by atoms with Gasteiger partial charge in [-0.1, -0.05) is 6.07 Å². The van der Waals surface area contributed by atoms with E-state index in [-0.39, 0.29) is 11.5 Å². The Bertz CT molecular complexity index is 472. The van der Waals surface area contributed by atoms with Gasteiger partial charge in [0.2, 0.25) is 0 Å². The Morgan fingerprint density at radius 3 is 2.65 bits per heavy atom. The van der Waals surface area contributed by atoms with E-state index in [1.807, 2.05) is 0 Å². The van der Waals surface area contributed by atoms with Crippen LogP contribution in [0.2, 0.25) is 0 Å². The Labute approximate surface area is 99.5 Å². The van der Waals surface area contributed by atoms with Crippen molar-refractivity contribution in [3.63, 3.8) is 0 Å². The molecule has 3 heteroatoms. The number of benzene rings is 1. The molecule has 92 valence electrons. The molecular formula is C14H16F2O. The van der Waals surface area contributed by atoms with Crippen LogP contribution >= 0.6 is 0 Å². The molecule has 0 amide bonds. The highest BCUT2D eigenvalue weighted by Gasteiger charge is 2.53. The Balaban J connectivity index is 2.13. The maximum absolute atomic E-state index is 14.1. The fourth-order valence-corrected chi connectivity index (χ4v) is 3.66. The third kappa shape index (κ3) is 1.45. The molecule has 2 saturated carbocycles. The first-order valence-corrected chi connectivity index (χ1v) is 6.20. The molecule has 1 aromatic carbocycles. The predicted molar refractivity (Wildman–Crippen MR) is 60.4 cm³/mol. The minimum absolute atomic E-state index is 0.0262. The summed E-state index contributed by atoms with van der Waals surface area (Å²) in [7, 11) is 0. The van der Waals surface area contributed by atoms with Crippen molar-refractivity contribution in [2.45, 2.75) is 38.2 Å². The molecule has 1 nitrogen and oxygen atoms in total. The number of fused-ring (bicyclic) bond motifs is 2. The summed E-state index contributed by atoms with van der Waals surface area (Å²) in [6.45, 7) is 1.61. The lowest BCUT2D eigenvalue weighted by Crippen LogP contribution is -2.34. The molecule has 0 heterocycles. The Hall–Kier alpha value is -0.960. The van der Waals surface area contributed by atoms with Crippen molar-refractivity contribution in [1.29, 1.82) is 0 Å². The zero-order valence-electron chi connectivity index (χ0n) is 9.84. The first kappa shape index (κ1) is 11.1. The van der Waals surface area contributed by atoms with E-state index in [1.54, 1.807) is 6.92 Å². The lowest BCUT2D eigenvalue weighted by atomic mass is 9.78. The van der Waals surface area contributed by atoms with Crippen LogP contribution in [-0.2, 0) is 5.60 Å². The minimum atomic E-state index is -1.27. The van der Waals surface area contributed by atoms with Gasteiger partial charge in [0.15, 0.2) is 0 Å². The molecular weight excluding hydrogens is 222 g/mol. The van der Waals surface area contributed by atoms with Gasteiger partial charge in [0.05, 0.1) is 11.2 Å². The molecule has 0 radical (unpaired) electrons. The van der Waals surface area contributed by atoms with Gasteiger partial charge in [-0.05, 0) is 56.1 Å². The van der Waals surface area contributed by atoms with Gasteiger partial charge < -0.3 is 5.11 Å².